The van der Waals surface area contributed by atoms with Crippen molar-refractivity contribution in [1.29, 1.82) is 0 Å². The van der Waals surface area contributed by atoms with Crippen molar-refractivity contribution in [3.05, 3.63) is 0 Å². The number of nitrogens with zero attached hydrogens (tertiary/aromatic N) is 1. The molecule has 0 amide bonds. The van der Waals surface area contributed by atoms with E-state index in [1.54, 1.807) is 0 Å². The van der Waals surface area contributed by atoms with Gasteiger partial charge in [-0.25, -0.2) is 0 Å². The first-order valence-corrected chi connectivity index (χ1v) is 5.62. The molecule has 0 spiro atoms. The lowest BCUT2D eigenvalue weighted by Gasteiger charge is -2.14. The van der Waals surface area contributed by atoms with Gasteiger partial charge in [0.2, 0.25) is 0 Å². The van der Waals surface area contributed by atoms with Gasteiger partial charge in [-0.05, 0) is 13.5 Å². The molecule has 1 aliphatic rings. The summed E-state index contributed by atoms with van der Waals surface area (Å²) < 4.78 is 35.0. The zero-order valence-corrected chi connectivity index (χ0v) is 9.45. The van der Waals surface area contributed by atoms with E-state index in [9.17, 15) is 8.42 Å². The van der Waals surface area contributed by atoms with Crippen molar-refractivity contribution < 1.29 is 21.9 Å². The molecule has 1 heterocycles. The van der Waals surface area contributed by atoms with Crippen molar-refractivity contribution in [2.75, 3.05) is 27.3 Å². The monoisotopic (exact) mass is 227 g/mol. The average Bonchev–Trinajstić information content (AvgIpc) is 2.51. The number of likely N-dealkylation sites (N-methyl/N-ethyl adjacent to an activating group) is 1. The SMILES string of the molecule is CCC1OCCN1C.COS(=O)(=O)O. The predicted molar refractivity (Wildman–Crippen MR) is 51.2 cm³/mol. The van der Waals surface area contributed by atoms with Crippen molar-refractivity contribution in [3.8, 4) is 0 Å². The van der Waals surface area contributed by atoms with Gasteiger partial charge in [0.05, 0.1) is 13.7 Å². The Kier molecular flexibility index (Phi) is 6.21. The van der Waals surface area contributed by atoms with Crippen molar-refractivity contribution in [2.45, 2.75) is 19.6 Å². The summed E-state index contributed by atoms with van der Waals surface area (Å²) in [4.78, 5) is 2.24. The molecule has 0 aromatic heterocycles. The molecule has 1 N–H and O–H groups in total. The largest absolute Gasteiger partial charge is 0.397 e. The molecule has 7 heteroatoms. The minimum atomic E-state index is -4.16. The van der Waals surface area contributed by atoms with Crippen molar-refractivity contribution in [3.63, 3.8) is 0 Å². The molecular weight excluding hydrogens is 210 g/mol. The summed E-state index contributed by atoms with van der Waals surface area (Å²) in [7, 11) is -1.19. The summed E-state index contributed by atoms with van der Waals surface area (Å²) in [6, 6.07) is 0. The van der Waals surface area contributed by atoms with Crippen LogP contribution in [0.25, 0.3) is 0 Å². The van der Waals surface area contributed by atoms with E-state index in [0.717, 1.165) is 26.7 Å². The summed E-state index contributed by atoms with van der Waals surface area (Å²) in [6.45, 7) is 4.15. The summed E-state index contributed by atoms with van der Waals surface area (Å²) in [5, 5.41) is 0. The maximum Gasteiger partial charge on any atom is 0.397 e. The third-order valence-electron chi connectivity index (χ3n) is 1.81. The van der Waals surface area contributed by atoms with Gasteiger partial charge in [0, 0.05) is 6.54 Å². The molecule has 1 aliphatic heterocycles. The summed E-state index contributed by atoms with van der Waals surface area (Å²) in [5.41, 5.74) is 0. The molecule has 0 aromatic carbocycles. The second kappa shape index (κ2) is 6.31. The zero-order valence-electron chi connectivity index (χ0n) is 8.63. The zero-order chi connectivity index (χ0) is 11.2. The number of hydrogen-bond acceptors (Lipinski definition) is 5. The third kappa shape index (κ3) is 6.28. The van der Waals surface area contributed by atoms with E-state index in [1.165, 1.54) is 0 Å². The molecule has 0 radical (unpaired) electrons. The lowest BCUT2D eigenvalue weighted by molar-refractivity contribution is 0.0434. The van der Waals surface area contributed by atoms with E-state index >= 15 is 0 Å². The minimum Gasteiger partial charge on any atom is -0.362 e. The average molecular weight is 227 g/mol. The van der Waals surface area contributed by atoms with E-state index in [-0.39, 0.29) is 0 Å². The molecule has 0 saturated carbocycles. The summed E-state index contributed by atoms with van der Waals surface area (Å²) >= 11 is 0. The Labute approximate surface area is 84.8 Å². The van der Waals surface area contributed by atoms with Gasteiger partial charge in [-0.15, -0.1) is 0 Å². The van der Waals surface area contributed by atoms with Gasteiger partial charge in [-0.2, -0.15) is 8.42 Å². The standard InChI is InChI=1S/C6H13NO.CH4O4S/c1-3-6-7(2)4-5-8-6;1-5-6(2,3)4/h6H,3-5H2,1-2H3;1H3,(H,2,3,4). The molecule has 0 bridgehead atoms. The fraction of sp³-hybridized carbons (Fsp3) is 1.00. The smallest absolute Gasteiger partial charge is 0.362 e. The first-order valence-electron chi connectivity index (χ1n) is 4.25. The third-order valence-corrected chi connectivity index (χ3v) is 2.23. The Morgan fingerprint density at radius 1 is 1.64 bits per heavy atom. The van der Waals surface area contributed by atoms with Crippen LogP contribution in [-0.2, 0) is 19.3 Å². The van der Waals surface area contributed by atoms with Crippen LogP contribution in [0.1, 0.15) is 13.3 Å². The first-order chi connectivity index (χ1) is 6.40. The normalized spacial score (nSPS) is 23.0. The van der Waals surface area contributed by atoms with E-state index in [0.29, 0.717) is 6.23 Å². The van der Waals surface area contributed by atoms with Crippen molar-refractivity contribution in [1.82, 2.24) is 4.90 Å². The van der Waals surface area contributed by atoms with E-state index < -0.39 is 10.4 Å². The first kappa shape index (κ1) is 13.8. The highest BCUT2D eigenvalue weighted by atomic mass is 32.3. The number of hydrogen-bond donors (Lipinski definition) is 1. The molecule has 1 fully saturated rings. The van der Waals surface area contributed by atoms with Crippen LogP contribution >= 0.6 is 0 Å². The maximum absolute atomic E-state index is 9.33. The fourth-order valence-electron chi connectivity index (χ4n) is 1.03. The second-order valence-electron chi connectivity index (χ2n) is 2.81. The topological polar surface area (TPSA) is 76.1 Å². The lowest BCUT2D eigenvalue weighted by Crippen LogP contribution is -2.24. The molecule has 6 nitrogen and oxygen atoms in total. The van der Waals surface area contributed by atoms with E-state index in [2.05, 4.69) is 23.1 Å². The van der Waals surface area contributed by atoms with Crippen LogP contribution in [0.15, 0.2) is 0 Å². The van der Waals surface area contributed by atoms with Gasteiger partial charge in [-0.3, -0.25) is 13.6 Å². The van der Waals surface area contributed by atoms with Gasteiger partial charge in [0.25, 0.3) is 0 Å². The second-order valence-corrected chi connectivity index (χ2v) is 4.00. The summed E-state index contributed by atoms with van der Waals surface area (Å²) in [5.74, 6) is 0. The van der Waals surface area contributed by atoms with Crippen LogP contribution in [0.5, 0.6) is 0 Å². The Morgan fingerprint density at radius 2 is 2.14 bits per heavy atom. The van der Waals surface area contributed by atoms with Gasteiger partial charge in [0.1, 0.15) is 6.23 Å². The van der Waals surface area contributed by atoms with Crippen LogP contribution in [0, 0.1) is 0 Å². The Bertz CT molecular complexity index is 240. The highest BCUT2D eigenvalue weighted by Crippen LogP contribution is 2.08. The van der Waals surface area contributed by atoms with E-state index in [1.807, 2.05) is 0 Å². The molecule has 1 atom stereocenters. The highest BCUT2D eigenvalue weighted by molar-refractivity contribution is 7.80. The maximum atomic E-state index is 9.33. The van der Waals surface area contributed by atoms with Crippen LogP contribution in [0.4, 0.5) is 0 Å². The summed E-state index contributed by atoms with van der Waals surface area (Å²) in [6.07, 6.45) is 1.51. The molecule has 1 saturated heterocycles. The molecular formula is C7H17NO5S. The van der Waals surface area contributed by atoms with Gasteiger partial charge in [-0.1, -0.05) is 6.92 Å². The van der Waals surface area contributed by atoms with Crippen LogP contribution < -0.4 is 0 Å². The molecule has 0 aromatic rings. The molecule has 0 aliphatic carbocycles. The molecule has 86 valence electrons. The predicted octanol–water partition coefficient (Wildman–Crippen LogP) is 0.120. The Balaban J connectivity index is 0.000000255. The van der Waals surface area contributed by atoms with Crippen LogP contribution in [0.3, 0.4) is 0 Å². The van der Waals surface area contributed by atoms with Crippen molar-refractivity contribution in [2.24, 2.45) is 0 Å². The van der Waals surface area contributed by atoms with Gasteiger partial charge >= 0.3 is 10.4 Å². The molecule has 1 unspecified atom stereocenters. The molecule has 14 heavy (non-hydrogen) atoms. The highest BCUT2D eigenvalue weighted by Gasteiger charge is 2.18. The number of ether oxygens (including phenoxy) is 1. The fourth-order valence-corrected chi connectivity index (χ4v) is 1.03. The van der Waals surface area contributed by atoms with Crippen molar-refractivity contribution >= 4 is 10.4 Å². The Hall–Kier alpha value is -0.210. The van der Waals surface area contributed by atoms with E-state index in [4.69, 9.17) is 9.29 Å². The van der Waals surface area contributed by atoms with Gasteiger partial charge < -0.3 is 4.74 Å². The molecule has 1 rings (SSSR count). The quantitative estimate of drug-likeness (QED) is 0.675. The van der Waals surface area contributed by atoms with Gasteiger partial charge in [0.15, 0.2) is 0 Å². The lowest BCUT2D eigenvalue weighted by atomic mass is 10.4. The minimum absolute atomic E-state index is 0.398. The Morgan fingerprint density at radius 3 is 2.29 bits per heavy atom. The van der Waals surface area contributed by atoms with Crippen LogP contribution in [-0.4, -0.2) is 51.4 Å². The van der Waals surface area contributed by atoms with Crippen LogP contribution in [0.2, 0.25) is 0 Å². The number of rotatable bonds is 2.